The van der Waals surface area contributed by atoms with Gasteiger partial charge in [0, 0.05) is 13.1 Å². The van der Waals surface area contributed by atoms with Gasteiger partial charge in [-0.1, -0.05) is 0 Å². The number of carbonyl (C=O) groups is 2. The molecule has 8 nitrogen and oxygen atoms in total. The van der Waals surface area contributed by atoms with Crippen LogP contribution in [-0.4, -0.2) is 56.7 Å². The van der Waals surface area contributed by atoms with Crippen LogP contribution in [0.5, 0.6) is 0 Å². The zero-order chi connectivity index (χ0) is 20.2. The molecular weight excluding hydrogens is 370 g/mol. The summed E-state index contributed by atoms with van der Waals surface area (Å²) in [4.78, 5) is 29.7. The Labute approximate surface area is 171 Å². The van der Waals surface area contributed by atoms with E-state index >= 15 is 0 Å². The van der Waals surface area contributed by atoms with Crippen molar-refractivity contribution in [2.24, 2.45) is 23.2 Å². The topological polar surface area (TPSA) is 90.2 Å². The highest BCUT2D eigenvalue weighted by Gasteiger charge is 2.63. The smallest absolute Gasteiger partial charge is 0.309 e. The Morgan fingerprint density at radius 3 is 2.41 bits per heavy atom. The molecule has 0 radical (unpaired) electrons. The van der Waals surface area contributed by atoms with Crippen molar-refractivity contribution in [1.82, 2.24) is 25.1 Å². The first-order valence-corrected chi connectivity index (χ1v) is 11.2. The number of nitrogens with zero attached hydrogens (tertiary/aromatic N) is 5. The van der Waals surface area contributed by atoms with Gasteiger partial charge in [-0.2, -0.15) is 4.80 Å². The Bertz CT molecular complexity index is 799. The Morgan fingerprint density at radius 1 is 1.14 bits per heavy atom. The van der Waals surface area contributed by atoms with Crippen LogP contribution < -0.4 is 0 Å². The third-order valence-corrected chi connectivity index (χ3v) is 7.82. The number of piperidine rings is 1. The van der Waals surface area contributed by atoms with E-state index in [9.17, 15) is 9.59 Å². The van der Waals surface area contributed by atoms with Crippen molar-refractivity contribution < 1.29 is 14.3 Å². The number of hydrogen-bond donors (Lipinski definition) is 0. The van der Waals surface area contributed by atoms with Crippen LogP contribution in [0, 0.1) is 30.1 Å². The largest absolute Gasteiger partial charge is 0.466 e. The van der Waals surface area contributed by atoms with Gasteiger partial charge in [0.1, 0.15) is 0 Å². The molecule has 5 aliphatic rings. The van der Waals surface area contributed by atoms with Gasteiger partial charge >= 0.3 is 5.97 Å². The number of rotatable bonds is 4. The minimum atomic E-state index is -0.289. The molecule has 0 aromatic carbocycles. The molecular formula is C21H31N5O3. The fourth-order valence-electron chi connectivity index (χ4n) is 7.10. The second-order valence-corrected chi connectivity index (χ2v) is 9.91. The van der Waals surface area contributed by atoms with E-state index in [4.69, 9.17) is 4.74 Å². The highest BCUT2D eigenvalue weighted by atomic mass is 16.5. The number of hydrogen-bond acceptors (Lipinski definition) is 6. The second-order valence-electron chi connectivity index (χ2n) is 9.91. The maximum absolute atomic E-state index is 13.8. The van der Waals surface area contributed by atoms with Crippen LogP contribution in [0.1, 0.15) is 64.1 Å². The fourth-order valence-corrected chi connectivity index (χ4v) is 7.10. The second kappa shape index (κ2) is 6.77. The SMILES string of the molecule is CCOC(=O)C1CCN(C(=O)C23C[C@@H]4C[C@@H](C2)CC(n2nnc(C)n2)(C4)C3)CC1. The van der Waals surface area contributed by atoms with E-state index in [0.717, 1.165) is 32.1 Å². The first kappa shape index (κ1) is 19.0. The molecule has 1 amide bonds. The van der Waals surface area contributed by atoms with E-state index in [1.54, 1.807) is 0 Å². The summed E-state index contributed by atoms with van der Waals surface area (Å²) in [6.07, 6.45) is 7.61. The summed E-state index contributed by atoms with van der Waals surface area (Å²) in [6.45, 7) is 5.45. The minimum absolute atomic E-state index is 0.0657. The molecule has 1 saturated heterocycles. The van der Waals surface area contributed by atoms with Crippen LogP contribution in [0.3, 0.4) is 0 Å². The van der Waals surface area contributed by atoms with Crippen molar-refractivity contribution in [3.63, 3.8) is 0 Å². The highest BCUT2D eigenvalue weighted by Crippen LogP contribution is 2.64. The molecule has 1 aliphatic heterocycles. The third-order valence-electron chi connectivity index (χ3n) is 7.82. The standard InChI is InChI=1S/C21H31N5O3/c1-3-29-18(27)17-4-6-25(7-5-17)19(28)20-9-15-8-16(10-20)12-21(11-15,13-20)26-23-14(2)22-24-26/h15-17H,3-13H2,1-2H3/t15-,16-,20?,21?/m0/s1. The van der Waals surface area contributed by atoms with Gasteiger partial charge in [-0.15, -0.1) is 10.2 Å². The zero-order valence-corrected chi connectivity index (χ0v) is 17.5. The summed E-state index contributed by atoms with van der Waals surface area (Å²) in [6, 6.07) is 0. The van der Waals surface area contributed by atoms with Gasteiger partial charge in [-0.05, 0) is 82.3 Å². The molecule has 1 aromatic rings. The van der Waals surface area contributed by atoms with Crippen LogP contribution in [0.15, 0.2) is 0 Å². The van der Waals surface area contributed by atoms with Gasteiger partial charge in [0.25, 0.3) is 0 Å². The van der Waals surface area contributed by atoms with Gasteiger partial charge in [0.05, 0.1) is 23.5 Å². The Hall–Kier alpha value is -1.99. The molecule has 4 aliphatic carbocycles. The molecule has 158 valence electrons. The Morgan fingerprint density at radius 2 is 1.83 bits per heavy atom. The van der Waals surface area contributed by atoms with Crippen LogP contribution in [-0.2, 0) is 19.9 Å². The van der Waals surface area contributed by atoms with Gasteiger partial charge in [-0.3, -0.25) is 9.59 Å². The number of amides is 1. The molecule has 29 heavy (non-hydrogen) atoms. The molecule has 8 heteroatoms. The van der Waals surface area contributed by atoms with Gasteiger partial charge in [0.15, 0.2) is 5.82 Å². The lowest BCUT2D eigenvalue weighted by atomic mass is 9.46. The fraction of sp³-hybridized carbons (Fsp3) is 0.857. The van der Waals surface area contributed by atoms with Crippen molar-refractivity contribution in [3.05, 3.63) is 5.82 Å². The summed E-state index contributed by atoms with van der Waals surface area (Å²) >= 11 is 0. The average Bonchev–Trinajstić information content (AvgIpc) is 3.14. The van der Waals surface area contributed by atoms with E-state index in [2.05, 4.69) is 15.4 Å². The summed E-state index contributed by atoms with van der Waals surface area (Å²) in [5.74, 6) is 1.97. The van der Waals surface area contributed by atoms with E-state index < -0.39 is 0 Å². The minimum Gasteiger partial charge on any atom is -0.466 e. The van der Waals surface area contributed by atoms with Crippen molar-refractivity contribution in [2.45, 2.75) is 70.8 Å². The van der Waals surface area contributed by atoms with Crippen molar-refractivity contribution in [1.29, 1.82) is 0 Å². The molecule has 2 atom stereocenters. The molecule has 1 aromatic heterocycles. The van der Waals surface area contributed by atoms with Crippen LogP contribution >= 0.6 is 0 Å². The maximum atomic E-state index is 13.8. The van der Waals surface area contributed by atoms with Crippen molar-refractivity contribution in [3.8, 4) is 0 Å². The Kier molecular flexibility index (Phi) is 4.44. The lowest BCUT2D eigenvalue weighted by molar-refractivity contribution is -0.170. The van der Waals surface area contributed by atoms with Crippen molar-refractivity contribution >= 4 is 11.9 Å². The molecule has 0 N–H and O–H groups in total. The van der Waals surface area contributed by atoms with Crippen LogP contribution in [0.2, 0.25) is 0 Å². The quantitative estimate of drug-likeness (QED) is 0.718. The number of ether oxygens (including phenoxy) is 1. The first-order chi connectivity index (χ1) is 13.9. The zero-order valence-electron chi connectivity index (χ0n) is 17.5. The number of carbonyl (C=O) groups excluding carboxylic acids is 2. The summed E-state index contributed by atoms with van der Waals surface area (Å²) < 4.78 is 5.18. The number of likely N-dealkylation sites (tertiary alicyclic amines) is 1. The van der Waals surface area contributed by atoms with Gasteiger partial charge in [0.2, 0.25) is 5.91 Å². The first-order valence-electron chi connectivity index (χ1n) is 11.2. The van der Waals surface area contributed by atoms with Crippen LogP contribution in [0.25, 0.3) is 0 Å². The molecule has 2 heterocycles. The number of tetrazole rings is 1. The molecule has 4 bridgehead atoms. The average molecular weight is 402 g/mol. The molecule has 4 saturated carbocycles. The number of aromatic nitrogens is 4. The number of esters is 1. The van der Waals surface area contributed by atoms with Gasteiger partial charge in [-0.25, -0.2) is 0 Å². The monoisotopic (exact) mass is 401 g/mol. The lowest BCUT2D eigenvalue weighted by Gasteiger charge is -2.61. The van der Waals surface area contributed by atoms with Gasteiger partial charge < -0.3 is 9.64 Å². The number of aryl methyl sites for hydroxylation is 1. The summed E-state index contributed by atoms with van der Waals surface area (Å²) in [5.41, 5.74) is -0.438. The van der Waals surface area contributed by atoms with E-state index in [-0.39, 0.29) is 22.8 Å². The van der Waals surface area contributed by atoms with E-state index in [1.807, 2.05) is 23.5 Å². The predicted molar refractivity (Wildman–Crippen MR) is 104 cm³/mol. The molecule has 0 spiro atoms. The third kappa shape index (κ3) is 3.06. The van der Waals surface area contributed by atoms with E-state index in [1.165, 1.54) is 6.42 Å². The maximum Gasteiger partial charge on any atom is 0.309 e. The Balaban J connectivity index is 1.34. The predicted octanol–water partition coefficient (Wildman–Crippen LogP) is 2.08. The summed E-state index contributed by atoms with van der Waals surface area (Å²) in [7, 11) is 0. The van der Waals surface area contributed by atoms with E-state index in [0.29, 0.717) is 56.1 Å². The molecule has 6 rings (SSSR count). The molecule has 0 unspecified atom stereocenters. The van der Waals surface area contributed by atoms with Crippen molar-refractivity contribution in [2.75, 3.05) is 19.7 Å². The molecule has 5 fully saturated rings. The summed E-state index contributed by atoms with van der Waals surface area (Å²) in [5, 5.41) is 13.0. The highest BCUT2D eigenvalue weighted by molar-refractivity contribution is 5.84. The normalized spacial score (nSPS) is 36.4. The lowest BCUT2D eigenvalue weighted by Crippen LogP contribution is -2.62. The van der Waals surface area contributed by atoms with Crippen LogP contribution in [0.4, 0.5) is 0 Å².